The molecule has 2 amide bonds. The molecule has 6 heteroatoms. The average molecular weight is 250 g/mol. The third-order valence-electron chi connectivity index (χ3n) is 3.05. The van der Waals surface area contributed by atoms with E-state index in [-0.39, 0.29) is 19.2 Å². The van der Waals surface area contributed by atoms with Gasteiger partial charge in [0.25, 0.3) is 6.43 Å². The average Bonchev–Trinajstić information content (AvgIpc) is 2.28. The molecule has 0 aromatic carbocycles. The van der Waals surface area contributed by atoms with Crippen LogP contribution in [0.5, 0.6) is 0 Å². The van der Waals surface area contributed by atoms with E-state index in [0.29, 0.717) is 19.0 Å². The SMILES string of the molecule is CC1CCN(C(=O)N(CCO)CC(F)F)CC1. The fourth-order valence-corrected chi connectivity index (χ4v) is 1.95. The van der Waals surface area contributed by atoms with Gasteiger partial charge in [-0.05, 0) is 18.8 Å². The van der Waals surface area contributed by atoms with E-state index in [2.05, 4.69) is 6.92 Å². The Bertz CT molecular complexity index is 244. The molecule has 0 unspecified atom stereocenters. The normalized spacial score (nSPS) is 17.6. The summed E-state index contributed by atoms with van der Waals surface area (Å²) in [5.74, 6) is 0.584. The van der Waals surface area contributed by atoms with Crippen LogP contribution in [0.1, 0.15) is 19.8 Å². The van der Waals surface area contributed by atoms with Crippen molar-refractivity contribution in [3.63, 3.8) is 0 Å². The molecule has 1 N–H and O–H groups in total. The number of carbonyl (C=O) groups is 1. The van der Waals surface area contributed by atoms with Gasteiger partial charge >= 0.3 is 6.03 Å². The minimum absolute atomic E-state index is 0.0325. The quantitative estimate of drug-likeness (QED) is 0.819. The Morgan fingerprint density at radius 3 is 2.53 bits per heavy atom. The van der Waals surface area contributed by atoms with Gasteiger partial charge in [-0.1, -0.05) is 6.92 Å². The molecule has 1 heterocycles. The minimum Gasteiger partial charge on any atom is -0.395 e. The highest BCUT2D eigenvalue weighted by Gasteiger charge is 2.26. The highest BCUT2D eigenvalue weighted by molar-refractivity contribution is 5.74. The Morgan fingerprint density at radius 1 is 1.47 bits per heavy atom. The van der Waals surface area contributed by atoms with Crippen LogP contribution >= 0.6 is 0 Å². The molecule has 0 saturated carbocycles. The molecule has 0 bridgehead atoms. The van der Waals surface area contributed by atoms with Gasteiger partial charge in [-0.15, -0.1) is 0 Å². The van der Waals surface area contributed by atoms with Crippen molar-refractivity contribution in [2.45, 2.75) is 26.2 Å². The lowest BCUT2D eigenvalue weighted by Crippen LogP contribution is -2.48. The van der Waals surface area contributed by atoms with Crippen molar-refractivity contribution in [3.05, 3.63) is 0 Å². The highest BCUT2D eigenvalue weighted by atomic mass is 19.3. The fraction of sp³-hybridized carbons (Fsp3) is 0.909. The number of hydrogen-bond donors (Lipinski definition) is 1. The third-order valence-corrected chi connectivity index (χ3v) is 3.05. The van der Waals surface area contributed by atoms with Crippen molar-refractivity contribution in [1.29, 1.82) is 0 Å². The van der Waals surface area contributed by atoms with Crippen molar-refractivity contribution in [1.82, 2.24) is 9.80 Å². The van der Waals surface area contributed by atoms with E-state index in [4.69, 9.17) is 5.11 Å². The van der Waals surface area contributed by atoms with Gasteiger partial charge in [-0.2, -0.15) is 0 Å². The third kappa shape index (κ3) is 4.46. The predicted molar refractivity (Wildman–Crippen MR) is 60.0 cm³/mol. The molecule has 1 aliphatic rings. The second-order valence-electron chi connectivity index (χ2n) is 4.51. The molecule has 0 spiro atoms. The summed E-state index contributed by atoms with van der Waals surface area (Å²) in [5.41, 5.74) is 0. The van der Waals surface area contributed by atoms with Crippen LogP contribution in [-0.4, -0.2) is 60.1 Å². The number of urea groups is 1. The zero-order valence-electron chi connectivity index (χ0n) is 10.1. The van der Waals surface area contributed by atoms with E-state index in [1.807, 2.05) is 0 Å². The second kappa shape index (κ2) is 6.74. The Morgan fingerprint density at radius 2 is 2.06 bits per heavy atom. The van der Waals surface area contributed by atoms with E-state index in [0.717, 1.165) is 17.7 Å². The number of likely N-dealkylation sites (tertiary alicyclic amines) is 1. The first-order valence-corrected chi connectivity index (χ1v) is 5.97. The number of aliphatic hydroxyl groups excluding tert-OH is 1. The Hall–Kier alpha value is -0.910. The van der Waals surface area contributed by atoms with Crippen molar-refractivity contribution >= 4 is 6.03 Å². The molecule has 1 saturated heterocycles. The van der Waals surface area contributed by atoms with Gasteiger partial charge < -0.3 is 14.9 Å². The van der Waals surface area contributed by atoms with E-state index in [9.17, 15) is 13.6 Å². The summed E-state index contributed by atoms with van der Waals surface area (Å²) in [6.45, 7) is 2.42. The lowest BCUT2D eigenvalue weighted by molar-refractivity contribution is 0.0720. The number of rotatable bonds is 4. The molecule has 0 aliphatic carbocycles. The molecule has 17 heavy (non-hydrogen) atoms. The van der Waals surface area contributed by atoms with Crippen molar-refractivity contribution in [3.8, 4) is 0 Å². The van der Waals surface area contributed by atoms with Crippen LogP contribution in [-0.2, 0) is 0 Å². The zero-order valence-corrected chi connectivity index (χ0v) is 10.1. The number of halogens is 2. The molecule has 1 fully saturated rings. The van der Waals surface area contributed by atoms with Gasteiger partial charge in [-0.3, -0.25) is 0 Å². The number of carbonyl (C=O) groups excluding carboxylic acids is 1. The molecule has 0 aromatic rings. The van der Waals surface area contributed by atoms with Crippen LogP contribution in [0.25, 0.3) is 0 Å². The number of alkyl halides is 2. The Balaban J connectivity index is 2.51. The molecule has 0 aromatic heterocycles. The van der Waals surface area contributed by atoms with Crippen molar-refractivity contribution in [2.24, 2.45) is 5.92 Å². The van der Waals surface area contributed by atoms with Gasteiger partial charge in [0.2, 0.25) is 0 Å². The number of piperidine rings is 1. The topological polar surface area (TPSA) is 43.8 Å². The minimum atomic E-state index is -2.56. The maximum absolute atomic E-state index is 12.3. The van der Waals surface area contributed by atoms with E-state index in [1.54, 1.807) is 4.90 Å². The molecule has 0 radical (unpaired) electrons. The highest BCUT2D eigenvalue weighted by Crippen LogP contribution is 2.17. The lowest BCUT2D eigenvalue weighted by Gasteiger charge is -2.34. The van der Waals surface area contributed by atoms with Gasteiger partial charge in [0.15, 0.2) is 0 Å². The first-order valence-electron chi connectivity index (χ1n) is 5.97. The van der Waals surface area contributed by atoms with Gasteiger partial charge in [-0.25, -0.2) is 13.6 Å². The molecule has 100 valence electrons. The van der Waals surface area contributed by atoms with Gasteiger partial charge in [0, 0.05) is 19.6 Å². The van der Waals surface area contributed by atoms with Crippen molar-refractivity contribution in [2.75, 3.05) is 32.8 Å². The zero-order chi connectivity index (χ0) is 12.8. The van der Waals surface area contributed by atoms with Crippen molar-refractivity contribution < 1.29 is 18.7 Å². The van der Waals surface area contributed by atoms with E-state index < -0.39 is 13.0 Å². The Kier molecular flexibility index (Phi) is 5.61. The van der Waals surface area contributed by atoms with Gasteiger partial charge in [0.1, 0.15) is 0 Å². The van der Waals surface area contributed by atoms with E-state index in [1.165, 1.54) is 0 Å². The number of aliphatic hydroxyl groups is 1. The van der Waals surface area contributed by atoms with Crippen LogP contribution in [0.4, 0.5) is 13.6 Å². The molecule has 1 aliphatic heterocycles. The largest absolute Gasteiger partial charge is 0.395 e. The summed E-state index contributed by atoms with van der Waals surface area (Å²) < 4.78 is 24.6. The summed E-state index contributed by atoms with van der Waals surface area (Å²) in [5, 5.41) is 8.78. The van der Waals surface area contributed by atoms with E-state index >= 15 is 0 Å². The summed E-state index contributed by atoms with van der Waals surface area (Å²) >= 11 is 0. The summed E-state index contributed by atoms with van der Waals surface area (Å²) in [6, 6.07) is -0.383. The number of nitrogens with zero attached hydrogens (tertiary/aromatic N) is 2. The first kappa shape index (κ1) is 14.2. The number of hydrogen-bond acceptors (Lipinski definition) is 2. The van der Waals surface area contributed by atoms with Crippen LogP contribution in [0.2, 0.25) is 0 Å². The summed E-state index contributed by atoms with van der Waals surface area (Å²) in [4.78, 5) is 14.6. The van der Waals surface area contributed by atoms with Crippen LogP contribution in [0.3, 0.4) is 0 Å². The second-order valence-corrected chi connectivity index (χ2v) is 4.51. The maximum Gasteiger partial charge on any atom is 0.320 e. The predicted octanol–water partition coefficient (Wildman–Crippen LogP) is 1.40. The smallest absolute Gasteiger partial charge is 0.320 e. The molecule has 4 nitrogen and oxygen atoms in total. The number of amides is 2. The van der Waals surface area contributed by atoms with Crippen LogP contribution < -0.4 is 0 Å². The molecular formula is C11H20F2N2O2. The standard InChI is InChI=1S/C11H20F2N2O2/c1-9-2-4-14(5-3-9)11(17)15(6-7-16)8-10(12)13/h9-10,16H,2-8H2,1H3. The monoisotopic (exact) mass is 250 g/mol. The molecular weight excluding hydrogens is 230 g/mol. The fourth-order valence-electron chi connectivity index (χ4n) is 1.95. The lowest BCUT2D eigenvalue weighted by atomic mass is 10.00. The van der Waals surface area contributed by atoms with Crippen LogP contribution in [0, 0.1) is 5.92 Å². The van der Waals surface area contributed by atoms with Crippen LogP contribution in [0.15, 0.2) is 0 Å². The molecule has 1 rings (SSSR count). The van der Waals surface area contributed by atoms with Gasteiger partial charge in [0.05, 0.1) is 13.2 Å². The maximum atomic E-state index is 12.3. The summed E-state index contributed by atoms with van der Waals surface area (Å²) in [6.07, 6.45) is -0.741. The molecule has 0 atom stereocenters. The first-order chi connectivity index (χ1) is 8.04. The Labute approximate surface area is 100 Å². The summed E-state index contributed by atoms with van der Waals surface area (Å²) in [7, 11) is 0.